The second kappa shape index (κ2) is 5.80. The van der Waals surface area contributed by atoms with E-state index in [1.165, 1.54) is 29.8 Å². The Hall–Kier alpha value is -2.64. The number of carbonyl (C=O) groups excluding carboxylic acids is 2. The molecule has 0 aliphatic carbocycles. The lowest BCUT2D eigenvalue weighted by atomic mass is 10.2. The Balaban J connectivity index is 3.05. The molecule has 0 saturated heterocycles. The van der Waals surface area contributed by atoms with Crippen LogP contribution in [0, 0.1) is 5.41 Å². The van der Waals surface area contributed by atoms with Crippen LogP contribution in [0.5, 0.6) is 0 Å². The van der Waals surface area contributed by atoms with Crippen LogP contribution in [0.1, 0.15) is 17.3 Å². The summed E-state index contributed by atoms with van der Waals surface area (Å²) < 4.78 is 1.23. The molecule has 1 aromatic rings. The molecule has 0 bridgehead atoms. The molecule has 0 fully saturated rings. The van der Waals surface area contributed by atoms with E-state index in [-0.39, 0.29) is 17.6 Å². The summed E-state index contributed by atoms with van der Waals surface area (Å²) in [7, 11) is 0. The Morgan fingerprint density at radius 3 is 2.58 bits per heavy atom. The number of amides is 2. The lowest BCUT2D eigenvalue weighted by molar-refractivity contribution is -0.142. The summed E-state index contributed by atoms with van der Waals surface area (Å²) in [5, 5.41) is 18.8. The number of pyridine rings is 1. The van der Waals surface area contributed by atoms with E-state index in [1.807, 2.05) is 0 Å². The Morgan fingerprint density at radius 2 is 2.11 bits per heavy atom. The third-order valence-electron chi connectivity index (χ3n) is 2.36. The number of nitrogens with two attached hydrogens (primary N) is 1. The lowest BCUT2D eigenvalue weighted by Crippen LogP contribution is -2.44. The van der Waals surface area contributed by atoms with Gasteiger partial charge in [-0.3, -0.25) is 15.0 Å². The quantitative estimate of drug-likeness (QED) is 0.523. The lowest BCUT2D eigenvalue weighted by Gasteiger charge is -2.16. The number of nitrogens with zero attached hydrogens (tertiary/aromatic N) is 1. The summed E-state index contributed by atoms with van der Waals surface area (Å²) in [5.74, 6) is -2.41. The number of carboxylic acid groups (broad SMARTS) is 1. The molecule has 0 radical (unpaired) electrons. The Morgan fingerprint density at radius 1 is 1.47 bits per heavy atom. The van der Waals surface area contributed by atoms with Crippen molar-refractivity contribution in [3.63, 3.8) is 0 Å². The highest BCUT2D eigenvalue weighted by atomic mass is 16.4. The van der Waals surface area contributed by atoms with Crippen LogP contribution in [-0.4, -0.2) is 33.5 Å². The molecular weight excluding hydrogens is 252 g/mol. The predicted octanol–water partition coefficient (Wildman–Crippen LogP) is -1.34. The number of hydrogen-bond donors (Lipinski definition) is 4. The number of carbonyl (C=O) groups is 3. The monoisotopic (exact) mass is 266 g/mol. The highest BCUT2D eigenvalue weighted by molar-refractivity contribution is 5.92. The van der Waals surface area contributed by atoms with Crippen LogP contribution in [0.25, 0.3) is 0 Å². The van der Waals surface area contributed by atoms with Gasteiger partial charge in [-0.2, -0.15) is 0 Å². The molecule has 1 heterocycles. The van der Waals surface area contributed by atoms with E-state index in [0.29, 0.717) is 0 Å². The highest BCUT2D eigenvalue weighted by Gasteiger charge is 2.19. The minimum absolute atomic E-state index is 0.00148. The second-order valence-electron chi connectivity index (χ2n) is 3.91. The van der Waals surface area contributed by atoms with Crippen molar-refractivity contribution in [2.24, 2.45) is 5.73 Å². The fourth-order valence-corrected chi connectivity index (χ4v) is 1.47. The number of rotatable bonds is 5. The standard InChI is InChI=1S/C11H14N4O4/c1-6(16)14-8(11(18)19)5-15-4-7(10(13)17)2-3-9(15)12/h2-4,8,12H,5H2,1H3,(H2,13,17)(H,14,16)(H,18,19)/t8-/m1/s1. The summed E-state index contributed by atoms with van der Waals surface area (Å²) >= 11 is 0. The van der Waals surface area contributed by atoms with Gasteiger partial charge < -0.3 is 20.7 Å². The zero-order valence-corrected chi connectivity index (χ0v) is 10.2. The van der Waals surface area contributed by atoms with Crippen molar-refractivity contribution >= 4 is 17.8 Å². The summed E-state index contributed by atoms with van der Waals surface area (Å²) in [6.45, 7) is 1.02. The molecule has 0 aromatic carbocycles. The fourth-order valence-electron chi connectivity index (χ4n) is 1.47. The van der Waals surface area contributed by atoms with E-state index in [1.54, 1.807) is 0 Å². The van der Waals surface area contributed by atoms with E-state index in [0.717, 1.165) is 0 Å². The molecule has 1 atom stereocenters. The van der Waals surface area contributed by atoms with Gasteiger partial charge in [-0.05, 0) is 12.1 Å². The van der Waals surface area contributed by atoms with Crippen molar-refractivity contribution in [2.75, 3.05) is 0 Å². The molecule has 8 heteroatoms. The molecule has 2 amide bonds. The molecule has 8 nitrogen and oxygen atoms in total. The van der Waals surface area contributed by atoms with Crippen LogP contribution in [0.2, 0.25) is 0 Å². The van der Waals surface area contributed by atoms with Gasteiger partial charge in [0.25, 0.3) is 0 Å². The first-order valence-corrected chi connectivity index (χ1v) is 5.36. The molecule has 0 aliphatic rings. The Kier molecular flexibility index (Phi) is 4.41. The maximum Gasteiger partial charge on any atom is 0.328 e. The van der Waals surface area contributed by atoms with Crippen molar-refractivity contribution in [2.45, 2.75) is 19.5 Å². The Labute approximate surface area is 108 Å². The fraction of sp³-hybridized carbons (Fsp3) is 0.273. The van der Waals surface area contributed by atoms with Crippen LogP contribution in [0.15, 0.2) is 18.3 Å². The van der Waals surface area contributed by atoms with Gasteiger partial charge in [0.2, 0.25) is 11.8 Å². The maximum absolute atomic E-state index is 11.0. The zero-order valence-electron chi connectivity index (χ0n) is 10.2. The number of nitrogens with one attached hydrogen (secondary N) is 2. The van der Waals surface area contributed by atoms with Gasteiger partial charge in [0, 0.05) is 13.1 Å². The molecular formula is C11H14N4O4. The molecule has 102 valence electrons. The van der Waals surface area contributed by atoms with Crippen LogP contribution in [0.3, 0.4) is 0 Å². The number of carboxylic acids is 1. The largest absolute Gasteiger partial charge is 0.480 e. The van der Waals surface area contributed by atoms with Gasteiger partial charge in [0.1, 0.15) is 11.5 Å². The third-order valence-corrected chi connectivity index (χ3v) is 2.36. The average Bonchev–Trinajstić information content (AvgIpc) is 2.29. The van der Waals surface area contributed by atoms with E-state index in [2.05, 4.69) is 5.32 Å². The highest BCUT2D eigenvalue weighted by Crippen LogP contribution is 1.97. The van der Waals surface area contributed by atoms with Gasteiger partial charge in [0.05, 0.1) is 12.1 Å². The number of hydrogen-bond acceptors (Lipinski definition) is 4. The Bertz CT molecular complexity index is 578. The minimum Gasteiger partial charge on any atom is -0.480 e. The molecule has 19 heavy (non-hydrogen) atoms. The van der Waals surface area contributed by atoms with Crippen molar-refractivity contribution in [3.8, 4) is 0 Å². The van der Waals surface area contributed by atoms with Crippen LogP contribution in [0.4, 0.5) is 0 Å². The number of aromatic nitrogens is 1. The summed E-state index contributed by atoms with van der Waals surface area (Å²) in [6, 6.07) is 1.51. The van der Waals surface area contributed by atoms with Gasteiger partial charge >= 0.3 is 5.97 Å². The minimum atomic E-state index is -1.23. The summed E-state index contributed by atoms with van der Waals surface area (Å²) in [5.41, 5.74) is 5.26. The SMILES string of the molecule is CC(=O)N[C@H](Cn1cc(C(N)=O)ccc1=N)C(=O)O. The first kappa shape index (κ1) is 14.4. The van der Waals surface area contributed by atoms with E-state index < -0.39 is 23.8 Å². The zero-order chi connectivity index (χ0) is 14.6. The van der Waals surface area contributed by atoms with Crippen molar-refractivity contribution < 1.29 is 19.5 Å². The summed E-state index contributed by atoms with van der Waals surface area (Å²) in [6.07, 6.45) is 1.28. The molecule has 0 saturated carbocycles. The van der Waals surface area contributed by atoms with Gasteiger partial charge in [0.15, 0.2) is 0 Å². The van der Waals surface area contributed by atoms with Crippen molar-refractivity contribution in [3.05, 3.63) is 29.4 Å². The van der Waals surface area contributed by atoms with E-state index in [9.17, 15) is 14.4 Å². The van der Waals surface area contributed by atoms with Crippen LogP contribution >= 0.6 is 0 Å². The second-order valence-corrected chi connectivity index (χ2v) is 3.91. The van der Waals surface area contributed by atoms with Crippen molar-refractivity contribution in [1.82, 2.24) is 9.88 Å². The topological polar surface area (TPSA) is 138 Å². The molecule has 0 aliphatic heterocycles. The summed E-state index contributed by atoms with van der Waals surface area (Å²) in [4.78, 5) is 32.9. The molecule has 1 rings (SSSR count). The first-order valence-electron chi connectivity index (χ1n) is 5.36. The van der Waals surface area contributed by atoms with Crippen LogP contribution < -0.4 is 16.5 Å². The number of primary amides is 1. The molecule has 1 aromatic heterocycles. The average molecular weight is 266 g/mol. The maximum atomic E-state index is 11.0. The van der Waals surface area contributed by atoms with E-state index in [4.69, 9.17) is 16.2 Å². The predicted molar refractivity (Wildman–Crippen MR) is 64.0 cm³/mol. The normalized spacial score (nSPS) is 11.6. The molecule has 0 spiro atoms. The van der Waals surface area contributed by atoms with Crippen LogP contribution in [-0.2, 0) is 16.1 Å². The smallest absolute Gasteiger partial charge is 0.328 e. The van der Waals surface area contributed by atoms with Gasteiger partial charge in [-0.1, -0.05) is 0 Å². The third kappa shape index (κ3) is 3.95. The number of aliphatic carboxylic acids is 1. The molecule has 5 N–H and O–H groups in total. The first-order chi connectivity index (χ1) is 8.81. The van der Waals surface area contributed by atoms with Gasteiger partial charge in [-0.25, -0.2) is 4.79 Å². The van der Waals surface area contributed by atoms with Gasteiger partial charge in [-0.15, -0.1) is 0 Å². The van der Waals surface area contributed by atoms with Crippen molar-refractivity contribution in [1.29, 1.82) is 5.41 Å². The van der Waals surface area contributed by atoms with E-state index >= 15 is 0 Å². The molecule has 0 unspecified atom stereocenters.